The second-order valence-corrected chi connectivity index (χ2v) is 8.58. The number of hydrogen-bond donors (Lipinski definition) is 1. The molecule has 2 atom stereocenters. The highest BCUT2D eigenvalue weighted by atomic mass is 19.4. The molecule has 1 fully saturated rings. The zero-order chi connectivity index (χ0) is 24.2. The fourth-order valence-corrected chi connectivity index (χ4v) is 4.89. The Morgan fingerprint density at radius 1 is 1.24 bits per heavy atom. The van der Waals surface area contributed by atoms with Gasteiger partial charge in [-0.3, -0.25) is 9.71 Å². The Morgan fingerprint density at radius 3 is 2.85 bits per heavy atom. The Hall–Kier alpha value is -2.89. The molecule has 0 radical (unpaired) electrons. The van der Waals surface area contributed by atoms with E-state index in [0.29, 0.717) is 25.2 Å². The van der Waals surface area contributed by atoms with Crippen LogP contribution < -0.4 is 5.32 Å². The van der Waals surface area contributed by atoms with Crippen molar-refractivity contribution in [3.63, 3.8) is 0 Å². The second kappa shape index (κ2) is 10.2. The Morgan fingerprint density at radius 2 is 2.09 bits per heavy atom. The monoisotopic (exact) mass is 483 g/mol. The molecule has 2 heterocycles. The molecule has 184 valence electrons. The van der Waals surface area contributed by atoms with Gasteiger partial charge in [-0.15, -0.1) is 5.10 Å². The van der Waals surface area contributed by atoms with Crippen molar-refractivity contribution in [2.24, 2.45) is 5.92 Å². The van der Waals surface area contributed by atoms with Crippen molar-refractivity contribution in [3.8, 4) is 0 Å². The molecule has 4 rings (SSSR count). The van der Waals surface area contributed by atoms with Crippen LogP contribution in [-0.2, 0) is 31.6 Å². The van der Waals surface area contributed by atoms with E-state index >= 15 is 0 Å². The highest BCUT2D eigenvalue weighted by Gasteiger charge is 2.47. The van der Waals surface area contributed by atoms with Crippen LogP contribution >= 0.6 is 0 Å². The largest absolute Gasteiger partial charge is 0.406 e. The van der Waals surface area contributed by atoms with E-state index in [1.165, 1.54) is 24.5 Å². The van der Waals surface area contributed by atoms with Gasteiger partial charge in [0.2, 0.25) is 0 Å². The first-order valence-corrected chi connectivity index (χ1v) is 11.2. The lowest BCUT2D eigenvalue weighted by Gasteiger charge is -2.35. The third-order valence-corrected chi connectivity index (χ3v) is 6.42. The molecule has 3 aromatic rings. The number of rotatable bonds is 10. The number of nitrogens with zero attached hydrogens (tertiary/aromatic N) is 6. The number of nitrogens with one attached hydrogen (secondary N) is 1. The van der Waals surface area contributed by atoms with Crippen LogP contribution in [0.4, 0.5) is 22.0 Å². The minimum absolute atomic E-state index is 0.0443. The van der Waals surface area contributed by atoms with Crippen LogP contribution in [0.15, 0.2) is 36.7 Å². The minimum atomic E-state index is -4.38. The zero-order valence-corrected chi connectivity index (χ0v) is 18.5. The number of aromatic nitrogens is 6. The number of benzene rings is 1. The third kappa shape index (κ3) is 5.43. The van der Waals surface area contributed by atoms with Crippen molar-refractivity contribution in [1.82, 2.24) is 35.1 Å². The van der Waals surface area contributed by atoms with Crippen molar-refractivity contribution < 1.29 is 22.0 Å². The molecule has 1 aliphatic rings. The summed E-state index contributed by atoms with van der Waals surface area (Å²) in [5, 5.41) is 15.6. The molecule has 2 unspecified atom stereocenters. The molecule has 0 saturated heterocycles. The van der Waals surface area contributed by atoms with Crippen LogP contribution in [0.5, 0.6) is 0 Å². The molecule has 1 saturated carbocycles. The first-order chi connectivity index (χ1) is 16.3. The Labute approximate surface area is 193 Å². The van der Waals surface area contributed by atoms with E-state index < -0.39 is 24.9 Å². The molecule has 7 nitrogen and oxygen atoms in total. The fraction of sp³-hybridized carbons (Fsp3) is 0.545. The van der Waals surface area contributed by atoms with Gasteiger partial charge in [0.15, 0.2) is 5.82 Å². The molecule has 1 N–H and O–H groups in total. The van der Waals surface area contributed by atoms with Gasteiger partial charge in [0, 0.05) is 18.9 Å². The SMILES string of the molecule is FCCC1CCCC1(NCc1nccn1CC(F)(F)F)c1nnnn1CCc1cccc(F)c1. The molecule has 12 heteroatoms. The van der Waals surface area contributed by atoms with Crippen LogP contribution in [-0.4, -0.2) is 42.6 Å². The summed E-state index contributed by atoms with van der Waals surface area (Å²) in [4.78, 5) is 4.08. The maximum Gasteiger partial charge on any atom is 0.406 e. The lowest BCUT2D eigenvalue weighted by atomic mass is 9.83. The molecule has 2 aromatic heterocycles. The predicted octanol–water partition coefficient (Wildman–Crippen LogP) is 3.96. The summed E-state index contributed by atoms with van der Waals surface area (Å²) in [5.74, 6) is 0.262. The van der Waals surface area contributed by atoms with Crippen molar-refractivity contribution in [3.05, 3.63) is 59.7 Å². The summed E-state index contributed by atoms with van der Waals surface area (Å²) in [6.07, 6.45) is 1.14. The van der Waals surface area contributed by atoms with Gasteiger partial charge in [0.25, 0.3) is 0 Å². The van der Waals surface area contributed by atoms with Crippen molar-refractivity contribution in [2.75, 3.05) is 6.67 Å². The van der Waals surface area contributed by atoms with Gasteiger partial charge in [-0.2, -0.15) is 13.2 Å². The highest BCUT2D eigenvalue weighted by Crippen LogP contribution is 2.44. The molecule has 0 spiro atoms. The first kappa shape index (κ1) is 24.2. The summed E-state index contributed by atoms with van der Waals surface area (Å²) in [6, 6.07) is 6.25. The van der Waals surface area contributed by atoms with Gasteiger partial charge >= 0.3 is 6.18 Å². The summed E-state index contributed by atoms with van der Waals surface area (Å²) in [5.41, 5.74) is -0.0311. The van der Waals surface area contributed by atoms with Gasteiger partial charge in [-0.05, 0) is 59.7 Å². The van der Waals surface area contributed by atoms with Crippen molar-refractivity contribution in [1.29, 1.82) is 0 Å². The Balaban J connectivity index is 1.58. The Bertz CT molecular complexity index is 1080. The van der Waals surface area contributed by atoms with Gasteiger partial charge in [-0.25, -0.2) is 14.1 Å². The number of imidazole rings is 1. The maximum absolute atomic E-state index is 13.6. The number of alkyl halides is 4. The maximum atomic E-state index is 13.6. The van der Waals surface area contributed by atoms with Crippen LogP contribution in [0.25, 0.3) is 0 Å². The third-order valence-electron chi connectivity index (χ3n) is 6.42. The predicted molar refractivity (Wildman–Crippen MR) is 113 cm³/mol. The van der Waals surface area contributed by atoms with E-state index in [2.05, 4.69) is 25.8 Å². The number of aryl methyl sites for hydroxylation is 2. The Kier molecular flexibility index (Phi) is 7.24. The van der Waals surface area contributed by atoms with Gasteiger partial charge < -0.3 is 4.57 Å². The van der Waals surface area contributed by atoms with Crippen LogP contribution in [0.3, 0.4) is 0 Å². The molecule has 0 aliphatic heterocycles. The molecule has 1 aromatic carbocycles. The van der Waals surface area contributed by atoms with E-state index in [1.807, 2.05) is 6.07 Å². The van der Waals surface area contributed by atoms with E-state index in [-0.39, 0.29) is 30.5 Å². The van der Waals surface area contributed by atoms with Crippen LogP contribution in [0.1, 0.15) is 42.9 Å². The smallest absolute Gasteiger partial charge is 0.325 e. The van der Waals surface area contributed by atoms with E-state index in [1.54, 1.807) is 10.7 Å². The quantitative estimate of drug-likeness (QED) is 0.442. The molecule has 34 heavy (non-hydrogen) atoms. The second-order valence-electron chi connectivity index (χ2n) is 8.58. The van der Waals surface area contributed by atoms with Crippen LogP contribution in [0.2, 0.25) is 0 Å². The van der Waals surface area contributed by atoms with Gasteiger partial charge in [-0.1, -0.05) is 18.6 Å². The molecule has 0 bridgehead atoms. The average Bonchev–Trinajstić information content (AvgIpc) is 3.51. The molecular weight excluding hydrogens is 457 g/mol. The summed E-state index contributed by atoms with van der Waals surface area (Å²) < 4.78 is 68.5. The average molecular weight is 483 g/mol. The van der Waals surface area contributed by atoms with Crippen molar-refractivity contribution in [2.45, 2.75) is 63.5 Å². The molecule has 1 aliphatic carbocycles. The number of hydrogen-bond acceptors (Lipinski definition) is 5. The standard InChI is InChI=1S/C22H26F5N7/c23-9-6-17-4-2-8-21(17,29-14-19-28-10-12-33(19)15-22(25,26)27)20-30-31-32-34(20)11-7-16-3-1-5-18(24)13-16/h1,3,5,10,12-13,17,29H,2,4,6-9,11,14-15H2. The minimum Gasteiger partial charge on any atom is -0.325 e. The molecular formula is C22H26F5N7. The van der Waals surface area contributed by atoms with Gasteiger partial charge in [0.05, 0.1) is 18.8 Å². The van der Waals surface area contributed by atoms with E-state index in [0.717, 1.165) is 23.0 Å². The number of halogens is 5. The molecule has 0 amide bonds. The van der Waals surface area contributed by atoms with Crippen molar-refractivity contribution >= 4 is 0 Å². The summed E-state index contributed by atoms with van der Waals surface area (Å²) >= 11 is 0. The summed E-state index contributed by atoms with van der Waals surface area (Å²) in [6.45, 7) is -1.25. The van der Waals surface area contributed by atoms with Gasteiger partial charge in [0.1, 0.15) is 18.2 Å². The normalized spacial score (nSPS) is 20.8. The topological polar surface area (TPSA) is 73.5 Å². The number of tetrazole rings is 1. The van der Waals surface area contributed by atoms with Crippen LogP contribution in [0, 0.1) is 11.7 Å². The lowest BCUT2D eigenvalue weighted by Crippen LogP contribution is -2.48. The van der Waals surface area contributed by atoms with E-state index in [9.17, 15) is 22.0 Å². The first-order valence-electron chi connectivity index (χ1n) is 11.2. The zero-order valence-electron chi connectivity index (χ0n) is 18.5. The highest BCUT2D eigenvalue weighted by molar-refractivity contribution is 5.17. The van der Waals surface area contributed by atoms with E-state index in [4.69, 9.17) is 0 Å². The summed E-state index contributed by atoms with van der Waals surface area (Å²) in [7, 11) is 0. The lowest BCUT2D eigenvalue weighted by molar-refractivity contribution is -0.141. The fourth-order valence-electron chi connectivity index (χ4n) is 4.89.